The molecule has 1 N–H and O–H groups in total. The normalized spacial score (nSPS) is 13.4. The molecular weight excluding hydrogens is 254 g/mol. The number of benzene rings is 1. The molecule has 114 valence electrons. The van der Waals surface area contributed by atoms with Crippen molar-refractivity contribution in [2.75, 3.05) is 26.6 Å². The standard InChI is InChI=1S/C16H27NO3/c1-11(15(19-6)20-7)17-13-10-12(16(2,3)4)8-9-14(13)18-5/h8-11,15,17H,1-7H3. The molecule has 0 radical (unpaired) electrons. The molecule has 0 aliphatic rings. The largest absolute Gasteiger partial charge is 0.495 e. The van der Waals surface area contributed by atoms with Gasteiger partial charge in [0.1, 0.15) is 5.75 Å². The van der Waals surface area contributed by atoms with Crippen molar-refractivity contribution in [3.63, 3.8) is 0 Å². The van der Waals surface area contributed by atoms with Crippen molar-refractivity contribution in [2.24, 2.45) is 0 Å². The third kappa shape index (κ3) is 4.12. The monoisotopic (exact) mass is 281 g/mol. The molecule has 0 saturated carbocycles. The zero-order valence-corrected chi connectivity index (χ0v) is 13.6. The zero-order chi connectivity index (χ0) is 15.3. The summed E-state index contributed by atoms with van der Waals surface area (Å²) in [6, 6.07) is 6.22. The number of nitrogens with one attached hydrogen (secondary N) is 1. The maximum Gasteiger partial charge on any atom is 0.176 e. The van der Waals surface area contributed by atoms with E-state index in [4.69, 9.17) is 14.2 Å². The van der Waals surface area contributed by atoms with Gasteiger partial charge in [0.25, 0.3) is 0 Å². The SMILES string of the molecule is COc1ccc(C(C)(C)C)cc1NC(C)C(OC)OC. The van der Waals surface area contributed by atoms with Crippen LogP contribution in [0.15, 0.2) is 18.2 Å². The summed E-state index contributed by atoms with van der Waals surface area (Å²) in [5.74, 6) is 0.816. The van der Waals surface area contributed by atoms with Crippen LogP contribution >= 0.6 is 0 Å². The summed E-state index contributed by atoms with van der Waals surface area (Å²) < 4.78 is 16.0. The number of hydrogen-bond acceptors (Lipinski definition) is 4. The first kappa shape index (κ1) is 16.8. The first-order chi connectivity index (χ1) is 9.33. The van der Waals surface area contributed by atoms with Gasteiger partial charge in [-0.1, -0.05) is 26.8 Å². The quantitative estimate of drug-likeness (QED) is 0.811. The molecule has 0 aliphatic heterocycles. The van der Waals surface area contributed by atoms with E-state index in [9.17, 15) is 0 Å². The van der Waals surface area contributed by atoms with Gasteiger partial charge >= 0.3 is 0 Å². The van der Waals surface area contributed by atoms with Gasteiger partial charge in [-0.05, 0) is 30.0 Å². The smallest absolute Gasteiger partial charge is 0.176 e. The van der Waals surface area contributed by atoms with Gasteiger partial charge in [0.05, 0.1) is 18.8 Å². The Balaban J connectivity index is 3.02. The molecule has 0 saturated heterocycles. The lowest BCUT2D eigenvalue weighted by Crippen LogP contribution is -2.34. The number of rotatable bonds is 6. The van der Waals surface area contributed by atoms with Crippen molar-refractivity contribution in [2.45, 2.75) is 45.4 Å². The highest BCUT2D eigenvalue weighted by Crippen LogP contribution is 2.32. The predicted octanol–water partition coefficient (Wildman–Crippen LogP) is 3.41. The lowest BCUT2D eigenvalue weighted by Gasteiger charge is -2.26. The van der Waals surface area contributed by atoms with Crippen LogP contribution in [0.1, 0.15) is 33.3 Å². The van der Waals surface area contributed by atoms with Crippen LogP contribution in [0.2, 0.25) is 0 Å². The highest BCUT2D eigenvalue weighted by atomic mass is 16.7. The van der Waals surface area contributed by atoms with Gasteiger partial charge in [-0.2, -0.15) is 0 Å². The first-order valence-electron chi connectivity index (χ1n) is 6.84. The van der Waals surface area contributed by atoms with Crippen LogP contribution in [0.3, 0.4) is 0 Å². The van der Waals surface area contributed by atoms with E-state index in [0.717, 1.165) is 11.4 Å². The van der Waals surface area contributed by atoms with Gasteiger partial charge in [-0.25, -0.2) is 0 Å². The predicted molar refractivity (Wildman–Crippen MR) is 82.6 cm³/mol. The summed E-state index contributed by atoms with van der Waals surface area (Å²) in [5, 5.41) is 3.40. The molecule has 0 fully saturated rings. The van der Waals surface area contributed by atoms with Gasteiger partial charge in [0.15, 0.2) is 6.29 Å². The molecule has 1 unspecified atom stereocenters. The number of ether oxygens (including phenoxy) is 3. The van der Waals surface area contributed by atoms with E-state index >= 15 is 0 Å². The van der Waals surface area contributed by atoms with E-state index < -0.39 is 0 Å². The highest BCUT2D eigenvalue weighted by Gasteiger charge is 2.20. The average molecular weight is 281 g/mol. The molecule has 4 heteroatoms. The minimum atomic E-state index is -0.307. The Morgan fingerprint density at radius 2 is 1.65 bits per heavy atom. The summed E-state index contributed by atoms with van der Waals surface area (Å²) in [5.41, 5.74) is 2.29. The first-order valence-corrected chi connectivity index (χ1v) is 6.84. The molecule has 1 rings (SSSR count). The van der Waals surface area contributed by atoms with E-state index in [1.807, 2.05) is 13.0 Å². The molecule has 20 heavy (non-hydrogen) atoms. The Morgan fingerprint density at radius 1 is 1.05 bits per heavy atom. The van der Waals surface area contributed by atoms with Gasteiger partial charge in [-0.3, -0.25) is 0 Å². The number of methoxy groups -OCH3 is 3. The second-order valence-corrected chi connectivity index (χ2v) is 5.94. The molecule has 1 aromatic rings. The van der Waals surface area contributed by atoms with Crippen LogP contribution in [0.25, 0.3) is 0 Å². The number of anilines is 1. The molecule has 4 nitrogen and oxygen atoms in total. The lowest BCUT2D eigenvalue weighted by atomic mass is 9.86. The molecular formula is C16H27NO3. The average Bonchev–Trinajstić information content (AvgIpc) is 2.39. The van der Waals surface area contributed by atoms with Crippen molar-refractivity contribution in [1.29, 1.82) is 0 Å². The molecule has 1 atom stereocenters. The molecule has 0 spiro atoms. The Labute approximate surface area is 122 Å². The summed E-state index contributed by atoms with van der Waals surface area (Å²) in [7, 11) is 4.94. The van der Waals surface area contributed by atoms with Crippen LogP contribution in [0.4, 0.5) is 5.69 Å². The summed E-state index contributed by atoms with van der Waals surface area (Å²) >= 11 is 0. The molecule has 0 bridgehead atoms. The van der Waals surface area contributed by atoms with Crippen molar-refractivity contribution in [1.82, 2.24) is 0 Å². The fraction of sp³-hybridized carbons (Fsp3) is 0.625. The third-order valence-electron chi connectivity index (χ3n) is 3.32. The Hall–Kier alpha value is -1.26. The topological polar surface area (TPSA) is 39.7 Å². The van der Waals surface area contributed by atoms with Gasteiger partial charge < -0.3 is 19.5 Å². The summed E-state index contributed by atoms with van der Waals surface area (Å²) in [4.78, 5) is 0. The highest BCUT2D eigenvalue weighted by molar-refractivity contribution is 5.59. The van der Waals surface area contributed by atoms with Crippen molar-refractivity contribution < 1.29 is 14.2 Å². The van der Waals surface area contributed by atoms with E-state index in [1.165, 1.54) is 5.56 Å². The Morgan fingerprint density at radius 3 is 2.10 bits per heavy atom. The van der Waals surface area contributed by atoms with E-state index in [0.29, 0.717) is 0 Å². The fourth-order valence-electron chi connectivity index (χ4n) is 2.11. The fourth-order valence-corrected chi connectivity index (χ4v) is 2.11. The van der Waals surface area contributed by atoms with E-state index in [2.05, 4.69) is 38.2 Å². The molecule has 1 aromatic carbocycles. The molecule has 0 aliphatic carbocycles. The van der Waals surface area contributed by atoms with Crippen molar-refractivity contribution in [3.05, 3.63) is 23.8 Å². The molecule has 0 aromatic heterocycles. The van der Waals surface area contributed by atoms with Gasteiger partial charge in [0.2, 0.25) is 0 Å². The van der Waals surface area contributed by atoms with Crippen LogP contribution in [0, 0.1) is 0 Å². The Kier molecular flexibility index (Phi) is 5.84. The van der Waals surface area contributed by atoms with Crippen LogP contribution in [0.5, 0.6) is 5.75 Å². The second-order valence-electron chi connectivity index (χ2n) is 5.94. The maximum absolute atomic E-state index is 5.42. The summed E-state index contributed by atoms with van der Waals surface area (Å²) in [6.45, 7) is 8.58. The van der Waals surface area contributed by atoms with Crippen molar-refractivity contribution >= 4 is 5.69 Å². The van der Waals surface area contributed by atoms with E-state index in [1.54, 1.807) is 21.3 Å². The van der Waals surface area contributed by atoms with Crippen LogP contribution in [-0.2, 0) is 14.9 Å². The second kappa shape index (κ2) is 6.95. The summed E-state index contributed by atoms with van der Waals surface area (Å²) in [6.07, 6.45) is -0.307. The Bertz CT molecular complexity index is 422. The maximum atomic E-state index is 5.42. The third-order valence-corrected chi connectivity index (χ3v) is 3.32. The molecule has 0 heterocycles. The van der Waals surface area contributed by atoms with Gasteiger partial charge in [-0.15, -0.1) is 0 Å². The number of hydrogen-bond donors (Lipinski definition) is 1. The minimum Gasteiger partial charge on any atom is -0.495 e. The van der Waals surface area contributed by atoms with E-state index in [-0.39, 0.29) is 17.7 Å². The zero-order valence-electron chi connectivity index (χ0n) is 13.6. The minimum absolute atomic E-state index is 0.00844. The lowest BCUT2D eigenvalue weighted by molar-refractivity contribution is -0.109. The molecule has 0 amide bonds. The van der Waals surface area contributed by atoms with Gasteiger partial charge in [0, 0.05) is 14.2 Å². The van der Waals surface area contributed by atoms with Crippen LogP contribution < -0.4 is 10.1 Å². The van der Waals surface area contributed by atoms with Crippen molar-refractivity contribution in [3.8, 4) is 5.75 Å². The van der Waals surface area contributed by atoms with Crippen LogP contribution in [-0.4, -0.2) is 33.7 Å².